The maximum atomic E-state index is 5.11. The molecule has 0 amide bonds. The Balaban J connectivity index is 2.54. The van der Waals surface area contributed by atoms with Crippen LogP contribution in [0.15, 0.2) is 0 Å². The molecule has 3 heteroatoms. The van der Waals surface area contributed by atoms with Gasteiger partial charge in [-0.05, 0) is 0 Å². The summed E-state index contributed by atoms with van der Waals surface area (Å²) in [4.78, 5) is 0. The van der Waals surface area contributed by atoms with Crippen LogP contribution in [-0.4, -0.2) is 12.0 Å². The van der Waals surface area contributed by atoms with Gasteiger partial charge in [0.2, 0.25) is 0 Å². The molecule has 0 aromatic heterocycles. The molecular weight excluding hydrogens is 87.5 g/mol. The zero-order chi connectivity index (χ0) is 4.28. The molecule has 5 heavy (non-hydrogen) atoms. The first-order chi connectivity index (χ1) is 2.27. The fraction of sp³-hybridized carbons (Fsp3) is 1.00. The number of rotatable bonds is 1. The summed E-state index contributed by atoms with van der Waals surface area (Å²) in [5.74, 6) is 0. The van der Waals surface area contributed by atoms with Crippen molar-refractivity contribution in [1.82, 2.24) is 0 Å². The Morgan fingerprint density at radius 2 is 2.00 bits per heavy atom. The second-order valence-electron chi connectivity index (χ2n) is 0.752. The van der Waals surface area contributed by atoms with Crippen molar-refractivity contribution in [2.24, 2.45) is 11.5 Å². The fourth-order valence-corrected chi connectivity index (χ4v) is 0. The van der Waals surface area contributed by atoms with E-state index >= 15 is 0 Å². The minimum atomic E-state index is -0.366. The number of nitrogens with two attached hydrogens (primary N) is 2. The average Bonchev–Trinajstić information content (AvgIpc) is 1.38. The molecule has 0 aliphatic rings. The third-order valence-corrected chi connectivity index (χ3v) is 0.403. The maximum absolute atomic E-state index is 5.11. The van der Waals surface area contributed by atoms with Crippen LogP contribution in [0.1, 0.15) is 0 Å². The molecule has 0 fully saturated rings. The van der Waals surface area contributed by atoms with Crippen molar-refractivity contribution in [2.45, 2.75) is 5.50 Å². The molecule has 0 aromatic rings. The summed E-state index contributed by atoms with van der Waals surface area (Å²) in [6, 6.07) is 0. The van der Waals surface area contributed by atoms with E-state index in [1.165, 1.54) is 0 Å². The maximum Gasteiger partial charge on any atom is 0.0924 e. The van der Waals surface area contributed by atoms with Crippen LogP contribution in [0.4, 0.5) is 0 Å². The Morgan fingerprint density at radius 1 is 1.80 bits per heavy atom. The predicted molar refractivity (Wildman–Crippen MR) is 22.9 cm³/mol. The van der Waals surface area contributed by atoms with Crippen LogP contribution in [0, 0.1) is 0 Å². The zero-order valence-electron chi connectivity index (χ0n) is 2.82. The molecule has 0 heterocycles. The molecule has 1 atom stereocenters. The SMILES string of the molecule is NCC(N)Cl. The molecule has 0 spiro atoms. The molecule has 0 saturated heterocycles. The largest absolute Gasteiger partial charge is 0.328 e. The smallest absolute Gasteiger partial charge is 0.0924 e. The number of hydrogen-bond acceptors (Lipinski definition) is 2. The van der Waals surface area contributed by atoms with Gasteiger partial charge in [-0.3, -0.25) is 0 Å². The zero-order valence-corrected chi connectivity index (χ0v) is 3.57. The van der Waals surface area contributed by atoms with Gasteiger partial charge in [-0.2, -0.15) is 0 Å². The summed E-state index contributed by atoms with van der Waals surface area (Å²) in [5, 5.41) is 0. The molecule has 0 bridgehead atoms. The standard InChI is InChI=1S/C2H7ClN2/c3-2(5)1-4/h2H,1,4-5H2. The van der Waals surface area contributed by atoms with Crippen molar-refractivity contribution in [2.75, 3.05) is 6.54 Å². The second-order valence-corrected chi connectivity index (χ2v) is 1.31. The van der Waals surface area contributed by atoms with Crippen LogP contribution in [0.3, 0.4) is 0 Å². The van der Waals surface area contributed by atoms with Crippen molar-refractivity contribution >= 4 is 11.6 Å². The summed E-state index contributed by atoms with van der Waals surface area (Å²) in [7, 11) is 0. The minimum Gasteiger partial charge on any atom is -0.328 e. The third kappa shape index (κ3) is 4.21. The van der Waals surface area contributed by atoms with Crippen molar-refractivity contribution in [1.29, 1.82) is 0 Å². The van der Waals surface area contributed by atoms with E-state index in [0.717, 1.165) is 0 Å². The van der Waals surface area contributed by atoms with Gasteiger partial charge < -0.3 is 11.5 Å². The van der Waals surface area contributed by atoms with Crippen LogP contribution in [0.25, 0.3) is 0 Å². The van der Waals surface area contributed by atoms with Gasteiger partial charge in [0.15, 0.2) is 0 Å². The first-order valence-corrected chi connectivity index (χ1v) is 1.80. The Labute approximate surface area is 36.1 Å². The lowest BCUT2D eigenvalue weighted by Gasteiger charge is -1.89. The van der Waals surface area contributed by atoms with Crippen molar-refractivity contribution in [3.05, 3.63) is 0 Å². The molecule has 0 aliphatic carbocycles. The summed E-state index contributed by atoms with van der Waals surface area (Å²) >= 11 is 5.11. The van der Waals surface area contributed by atoms with Gasteiger partial charge in [0.1, 0.15) is 0 Å². The molecule has 0 aromatic carbocycles. The van der Waals surface area contributed by atoms with Gasteiger partial charge in [-0.1, -0.05) is 0 Å². The Bertz CT molecular complexity index is 21.6. The highest BCUT2D eigenvalue weighted by Crippen LogP contribution is 1.74. The molecule has 1 unspecified atom stereocenters. The number of hydrogen-bond donors (Lipinski definition) is 2. The Kier molecular flexibility index (Phi) is 2.55. The number of halogens is 1. The van der Waals surface area contributed by atoms with E-state index in [-0.39, 0.29) is 5.50 Å². The van der Waals surface area contributed by atoms with Crippen LogP contribution >= 0.6 is 11.6 Å². The van der Waals surface area contributed by atoms with Crippen molar-refractivity contribution in [3.63, 3.8) is 0 Å². The normalized spacial score (nSPS) is 15.0. The van der Waals surface area contributed by atoms with E-state index in [1.54, 1.807) is 0 Å². The van der Waals surface area contributed by atoms with E-state index in [0.29, 0.717) is 6.54 Å². The highest BCUT2D eigenvalue weighted by atomic mass is 35.5. The van der Waals surface area contributed by atoms with E-state index in [4.69, 9.17) is 23.1 Å². The van der Waals surface area contributed by atoms with E-state index in [1.807, 2.05) is 0 Å². The second kappa shape index (κ2) is 2.45. The quantitative estimate of drug-likeness (QED) is 0.339. The molecular formula is C2H7ClN2. The molecule has 0 radical (unpaired) electrons. The van der Waals surface area contributed by atoms with Crippen LogP contribution in [-0.2, 0) is 0 Å². The predicted octanol–water partition coefficient (Wildman–Crippen LogP) is -0.531. The minimum absolute atomic E-state index is 0.349. The lowest BCUT2D eigenvalue weighted by Crippen LogP contribution is -2.22. The third-order valence-electron chi connectivity index (χ3n) is 0.225. The highest BCUT2D eigenvalue weighted by Gasteiger charge is 1.83. The lowest BCUT2D eigenvalue weighted by atomic mass is 10.7. The van der Waals surface area contributed by atoms with Crippen molar-refractivity contribution in [3.8, 4) is 0 Å². The fourth-order valence-electron chi connectivity index (χ4n) is 0. The van der Waals surface area contributed by atoms with E-state index < -0.39 is 0 Å². The van der Waals surface area contributed by atoms with E-state index in [9.17, 15) is 0 Å². The summed E-state index contributed by atoms with van der Waals surface area (Å²) in [5.41, 5.74) is 9.48. The molecule has 0 aliphatic heterocycles. The molecule has 2 nitrogen and oxygen atoms in total. The van der Waals surface area contributed by atoms with E-state index in [2.05, 4.69) is 0 Å². The number of alkyl halides is 1. The van der Waals surface area contributed by atoms with Crippen LogP contribution in [0.2, 0.25) is 0 Å². The van der Waals surface area contributed by atoms with Gasteiger partial charge in [0.05, 0.1) is 5.50 Å². The average molecular weight is 94.5 g/mol. The van der Waals surface area contributed by atoms with Gasteiger partial charge in [0.25, 0.3) is 0 Å². The Morgan fingerprint density at radius 3 is 2.00 bits per heavy atom. The highest BCUT2D eigenvalue weighted by molar-refractivity contribution is 6.20. The van der Waals surface area contributed by atoms with Gasteiger partial charge in [-0.25, -0.2) is 0 Å². The Hall–Kier alpha value is 0.210. The van der Waals surface area contributed by atoms with Crippen LogP contribution < -0.4 is 11.5 Å². The summed E-state index contributed by atoms with van der Waals surface area (Å²) in [6.45, 7) is 0.349. The lowest BCUT2D eigenvalue weighted by molar-refractivity contribution is 0.901. The molecule has 32 valence electrons. The van der Waals surface area contributed by atoms with Crippen molar-refractivity contribution < 1.29 is 0 Å². The molecule has 4 N–H and O–H groups in total. The van der Waals surface area contributed by atoms with Gasteiger partial charge in [0, 0.05) is 6.54 Å². The molecule has 0 rings (SSSR count). The van der Waals surface area contributed by atoms with Gasteiger partial charge in [-0.15, -0.1) is 11.6 Å². The van der Waals surface area contributed by atoms with Crippen LogP contribution in [0.5, 0.6) is 0 Å². The molecule has 0 saturated carbocycles. The van der Waals surface area contributed by atoms with Gasteiger partial charge >= 0.3 is 0 Å². The first-order valence-electron chi connectivity index (χ1n) is 1.37. The topological polar surface area (TPSA) is 52.0 Å². The first kappa shape index (κ1) is 5.21. The summed E-state index contributed by atoms with van der Waals surface area (Å²) < 4.78 is 0. The monoisotopic (exact) mass is 94.0 g/mol. The summed E-state index contributed by atoms with van der Waals surface area (Å²) in [6.07, 6.45) is 0.